The molecule has 1 aromatic carbocycles. The number of hydrogen-bond acceptors (Lipinski definition) is 5. The van der Waals surface area contributed by atoms with Crippen LogP contribution in [-0.2, 0) is 15.1 Å². The minimum atomic E-state index is -1.78. The predicted octanol–water partition coefficient (Wildman–Crippen LogP) is 1.64. The molecule has 22 heavy (non-hydrogen) atoms. The molecule has 1 aliphatic rings. The van der Waals surface area contributed by atoms with Gasteiger partial charge >= 0.3 is 6.09 Å². The third-order valence-electron chi connectivity index (χ3n) is 3.10. The van der Waals surface area contributed by atoms with Crippen molar-refractivity contribution in [2.75, 3.05) is 11.9 Å². The van der Waals surface area contributed by atoms with E-state index in [-0.39, 0.29) is 0 Å². The molecule has 0 radical (unpaired) electrons. The number of nitro groups is 1. The predicted molar refractivity (Wildman–Crippen MR) is 78.0 cm³/mol. The molecule has 2 amide bonds. The van der Waals surface area contributed by atoms with Crippen molar-refractivity contribution in [1.29, 1.82) is 0 Å². The molecule has 8 heteroatoms. The van der Waals surface area contributed by atoms with Crippen LogP contribution in [0.15, 0.2) is 24.3 Å². The van der Waals surface area contributed by atoms with Crippen molar-refractivity contribution in [3.8, 4) is 0 Å². The van der Waals surface area contributed by atoms with E-state index >= 15 is 0 Å². The Morgan fingerprint density at radius 2 is 2.05 bits per heavy atom. The number of hydrogen-bond donors (Lipinski definition) is 2. The smallest absolute Gasteiger partial charge is 0.408 e. The monoisotopic (exact) mass is 307 g/mol. The zero-order chi connectivity index (χ0) is 16.5. The first-order valence-corrected chi connectivity index (χ1v) is 6.68. The maximum atomic E-state index is 12.3. The fourth-order valence-electron chi connectivity index (χ4n) is 2.31. The van der Waals surface area contributed by atoms with Gasteiger partial charge in [-0.25, -0.2) is 4.79 Å². The molecular weight excluding hydrogens is 290 g/mol. The summed E-state index contributed by atoms with van der Waals surface area (Å²) in [5.74, 6) is -0.656. The molecule has 0 bridgehead atoms. The maximum Gasteiger partial charge on any atom is 0.408 e. The number of anilines is 1. The van der Waals surface area contributed by atoms with E-state index in [1.807, 2.05) is 0 Å². The lowest BCUT2D eigenvalue weighted by molar-refractivity contribution is -0.488. The number of alkyl carbamates (subject to hydrolysis) is 1. The highest BCUT2D eigenvalue weighted by Crippen LogP contribution is 2.36. The molecule has 118 valence electrons. The fraction of sp³-hybridized carbons (Fsp3) is 0.429. The van der Waals surface area contributed by atoms with Gasteiger partial charge in [-0.05, 0) is 26.8 Å². The lowest BCUT2D eigenvalue weighted by atomic mass is 9.91. The van der Waals surface area contributed by atoms with E-state index < -0.39 is 34.6 Å². The van der Waals surface area contributed by atoms with Crippen molar-refractivity contribution in [3.05, 3.63) is 39.9 Å². The number of fused-ring (bicyclic) bond motifs is 1. The summed E-state index contributed by atoms with van der Waals surface area (Å²) in [6.07, 6.45) is -0.888. The van der Waals surface area contributed by atoms with Crippen LogP contribution in [0.2, 0.25) is 0 Å². The first-order valence-electron chi connectivity index (χ1n) is 6.68. The van der Waals surface area contributed by atoms with Crippen molar-refractivity contribution in [1.82, 2.24) is 5.32 Å². The number of benzene rings is 1. The van der Waals surface area contributed by atoms with Gasteiger partial charge in [0.25, 0.3) is 5.91 Å². The molecule has 2 rings (SSSR count). The molecule has 0 aromatic heterocycles. The lowest BCUT2D eigenvalue weighted by Crippen LogP contribution is -2.56. The van der Waals surface area contributed by atoms with Gasteiger partial charge in [0.15, 0.2) is 0 Å². The Hall–Kier alpha value is -2.64. The molecule has 1 aliphatic heterocycles. The zero-order valence-corrected chi connectivity index (χ0v) is 12.5. The summed E-state index contributed by atoms with van der Waals surface area (Å²) in [5.41, 5.74) is -1.77. The average Bonchev–Trinajstić information content (AvgIpc) is 2.59. The molecule has 1 aromatic rings. The summed E-state index contributed by atoms with van der Waals surface area (Å²) in [6, 6.07) is 6.51. The van der Waals surface area contributed by atoms with E-state index in [4.69, 9.17) is 4.74 Å². The van der Waals surface area contributed by atoms with Crippen molar-refractivity contribution in [2.24, 2.45) is 0 Å². The highest BCUT2D eigenvalue weighted by molar-refractivity contribution is 6.07. The second kappa shape index (κ2) is 5.28. The topological polar surface area (TPSA) is 111 Å². The van der Waals surface area contributed by atoms with E-state index in [9.17, 15) is 19.7 Å². The molecule has 0 saturated heterocycles. The minimum absolute atomic E-state index is 0.350. The van der Waals surface area contributed by atoms with E-state index in [0.29, 0.717) is 11.3 Å². The van der Waals surface area contributed by atoms with E-state index in [1.165, 1.54) is 0 Å². The van der Waals surface area contributed by atoms with Crippen molar-refractivity contribution in [3.63, 3.8) is 0 Å². The van der Waals surface area contributed by atoms with Gasteiger partial charge < -0.3 is 10.1 Å². The standard InChI is InChI=1S/C14H17N3O5/c1-13(2,3)22-12(19)16-14(8-17(20)21)9-6-4-5-7-10(9)15-11(14)18/h4-7H,8H2,1-3H3,(H,15,18)(H,16,19)/t14-/m1/s1. The molecule has 2 N–H and O–H groups in total. The molecule has 0 saturated carbocycles. The second-order valence-corrected chi connectivity index (χ2v) is 6.02. The molecule has 0 aliphatic carbocycles. The van der Waals surface area contributed by atoms with Gasteiger partial charge in [-0.3, -0.25) is 20.2 Å². The molecular formula is C14H17N3O5. The Morgan fingerprint density at radius 1 is 1.41 bits per heavy atom. The third-order valence-corrected chi connectivity index (χ3v) is 3.10. The summed E-state index contributed by atoms with van der Waals surface area (Å²) in [7, 11) is 0. The number of nitrogens with zero attached hydrogens (tertiary/aromatic N) is 1. The summed E-state index contributed by atoms with van der Waals surface area (Å²) in [5, 5.41) is 15.9. The van der Waals surface area contributed by atoms with Crippen LogP contribution in [0.25, 0.3) is 0 Å². The van der Waals surface area contributed by atoms with Crippen LogP contribution in [0.5, 0.6) is 0 Å². The van der Waals surface area contributed by atoms with E-state index in [2.05, 4.69) is 10.6 Å². The molecule has 8 nitrogen and oxygen atoms in total. The SMILES string of the molecule is CC(C)(C)OC(=O)N[C@@]1(C[N+](=O)[O-])C(=O)Nc2ccccc21. The summed E-state index contributed by atoms with van der Waals surface area (Å²) in [4.78, 5) is 34.7. The summed E-state index contributed by atoms with van der Waals surface area (Å²) >= 11 is 0. The zero-order valence-electron chi connectivity index (χ0n) is 12.5. The van der Waals surface area contributed by atoms with Gasteiger partial charge in [0.05, 0.1) is 0 Å². The van der Waals surface area contributed by atoms with Crippen molar-refractivity contribution < 1.29 is 19.2 Å². The fourth-order valence-corrected chi connectivity index (χ4v) is 2.31. The van der Waals surface area contributed by atoms with Gasteiger partial charge in [0.1, 0.15) is 5.60 Å². The quantitative estimate of drug-likeness (QED) is 0.651. The van der Waals surface area contributed by atoms with Crippen LogP contribution < -0.4 is 10.6 Å². The van der Waals surface area contributed by atoms with E-state index in [0.717, 1.165) is 0 Å². The Balaban J connectivity index is 2.40. The Kier molecular flexibility index (Phi) is 3.78. The Bertz CT molecular complexity index is 638. The molecule has 1 heterocycles. The number of amides is 2. The number of rotatable bonds is 3. The van der Waals surface area contributed by atoms with Crippen molar-refractivity contribution >= 4 is 17.7 Å². The average molecular weight is 307 g/mol. The summed E-state index contributed by atoms with van der Waals surface area (Å²) < 4.78 is 5.12. The number of nitrogens with one attached hydrogen (secondary N) is 2. The second-order valence-electron chi connectivity index (χ2n) is 6.02. The van der Waals surface area contributed by atoms with Gasteiger partial charge in [-0.1, -0.05) is 18.2 Å². The third kappa shape index (κ3) is 3.00. The molecule has 0 fully saturated rings. The van der Waals surface area contributed by atoms with Crippen LogP contribution in [-0.4, -0.2) is 29.1 Å². The number of ether oxygens (including phenoxy) is 1. The molecule has 0 spiro atoms. The van der Waals surface area contributed by atoms with Gasteiger partial charge in [0, 0.05) is 16.2 Å². The van der Waals surface area contributed by atoms with Gasteiger partial charge in [-0.2, -0.15) is 0 Å². The highest BCUT2D eigenvalue weighted by atomic mass is 16.6. The number of carbonyl (C=O) groups is 2. The van der Waals surface area contributed by atoms with Crippen LogP contribution >= 0.6 is 0 Å². The van der Waals surface area contributed by atoms with Crippen molar-refractivity contribution in [2.45, 2.75) is 31.9 Å². The molecule has 0 unspecified atom stereocenters. The van der Waals surface area contributed by atoms with Crippen LogP contribution in [0, 0.1) is 10.1 Å². The highest BCUT2D eigenvalue weighted by Gasteiger charge is 2.53. The first-order chi connectivity index (χ1) is 10.1. The first kappa shape index (κ1) is 15.7. The number of carbonyl (C=O) groups excluding carboxylic acids is 2. The van der Waals surface area contributed by atoms with Crippen LogP contribution in [0.1, 0.15) is 26.3 Å². The summed E-state index contributed by atoms with van der Waals surface area (Å²) in [6.45, 7) is 4.22. The van der Waals surface area contributed by atoms with Crippen LogP contribution in [0.3, 0.4) is 0 Å². The maximum absolute atomic E-state index is 12.3. The van der Waals surface area contributed by atoms with E-state index in [1.54, 1.807) is 45.0 Å². The largest absolute Gasteiger partial charge is 0.444 e. The molecule has 1 atom stereocenters. The van der Waals surface area contributed by atoms with Crippen LogP contribution in [0.4, 0.5) is 10.5 Å². The number of para-hydroxylation sites is 1. The van der Waals surface area contributed by atoms with Gasteiger partial charge in [-0.15, -0.1) is 0 Å². The van der Waals surface area contributed by atoms with Gasteiger partial charge in [0.2, 0.25) is 12.1 Å². The Morgan fingerprint density at radius 3 is 2.64 bits per heavy atom. The lowest BCUT2D eigenvalue weighted by Gasteiger charge is -2.27. The Labute approximate surface area is 127 Å². The normalized spacial score (nSPS) is 20.0. The minimum Gasteiger partial charge on any atom is -0.444 e.